The van der Waals surface area contributed by atoms with Crippen molar-refractivity contribution in [1.82, 2.24) is 0 Å². The highest BCUT2D eigenvalue weighted by atomic mass is 79.9. The molecule has 1 rings (SSSR count). The predicted octanol–water partition coefficient (Wildman–Crippen LogP) is 0.944. The van der Waals surface area contributed by atoms with E-state index in [1.807, 2.05) is 0 Å². The third-order valence-electron chi connectivity index (χ3n) is 4.06. The zero-order valence-electron chi connectivity index (χ0n) is 14.4. The number of quaternary nitrogens is 1. The molecule has 0 bridgehead atoms. The van der Waals surface area contributed by atoms with Gasteiger partial charge in [0.1, 0.15) is 6.54 Å². The lowest BCUT2D eigenvalue weighted by molar-refractivity contribution is -0.906. The van der Waals surface area contributed by atoms with E-state index in [0.29, 0.717) is 12.2 Å². The van der Waals surface area contributed by atoms with Gasteiger partial charge in [-0.3, -0.25) is 0 Å². The summed E-state index contributed by atoms with van der Waals surface area (Å²) in [5.41, 5.74) is 0.567. The summed E-state index contributed by atoms with van der Waals surface area (Å²) in [6.45, 7) is 9.14. The molecule has 0 aliphatic rings. The molecule has 2 N–H and O–H groups in total. The molecule has 0 aliphatic carbocycles. The average molecular weight is 392 g/mol. The summed E-state index contributed by atoms with van der Waals surface area (Å²) >= 11 is 0. The first-order valence-corrected chi connectivity index (χ1v) is 7.69. The molecule has 1 aromatic rings. The first-order chi connectivity index (χ1) is 10.3. The van der Waals surface area contributed by atoms with E-state index in [1.54, 1.807) is 30.3 Å². The number of aliphatic hydroxyl groups excluding tert-OH is 2. The predicted molar refractivity (Wildman–Crippen MR) is 95.4 cm³/mol. The third-order valence-corrected chi connectivity index (χ3v) is 4.06. The van der Waals surface area contributed by atoms with E-state index in [2.05, 4.69) is 20.9 Å². The minimum atomic E-state index is -1.25. The SMILES string of the molecule is Br.CC(O)C(C(=O)[O-])c1ccccc1.CC[N+](C)(CC)CCO. The second-order valence-corrected chi connectivity index (χ2v) is 5.65. The van der Waals surface area contributed by atoms with Gasteiger partial charge in [0.15, 0.2) is 0 Å². The second kappa shape index (κ2) is 12.5. The molecule has 2 atom stereocenters. The molecule has 0 amide bonds. The number of benzene rings is 1. The summed E-state index contributed by atoms with van der Waals surface area (Å²) in [5.74, 6) is -2.19. The van der Waals surface area contributed by atoms with Gasteiger partial charge in [0, 0.05) is 5.92 Å². The summed E-state index contributed by atoms with van der Waals surface area (Å²) < 4.78 is 0.983. The van der Waals surface area contributed by atoms with Crippen LogP contribution in [0, 0.1) is 0 Å². The van der Waals surface area contributed by atoms with E-state index in [0.717, 1.165) is 24.1 Å². The molecule has 0 radical (unpaired) electrons. The maximum absolute atomic E-state index is 10.7. The summed E-state index contributed by atoms with van der Waals surface area (Å²) in [5, 5.41) is 28.5. The number of carbonyl (C=O) groups excluding carboxylic acids is 1. The van der Waals surface area contributed by atoms with Crippen molar-refractivity contribution in [3.05, 3.63) is 35.9 Å². The van der Waals surface area contributed by atoms with Crippen LogP contribution in [-0.2, 0) is 4.79 Å². The number of carboxylic acids is 1. The second-order valence-electron chi connectivity index (χ2n) is 5.65. The number of nitrogens with zero attached hydrogens (tertiary/aromatic N) is 1. The summed E-state index contributed by atoms with van der Waals surface area (Å²) in [7, 11) is 2.16. The Balaban J connectivity index is 0. The number of hydrogen-bond acceptors (Lipinski definition) is 4. The quantitative estimate of drug-likeness (QED) is 0.677. The Kier molecular flexibility index (Phi) is 13.2. The minimum Gasteiger partial charge on any atom is -0.549 e. The highest BCUT2D eigenvalue weighted by Gasteiger charge is 2.17. The Labute approximate surface area is 149 Å². The zero-order valence-corrected chi connectivity index (χ0v) is 16.1. The van der Waals surface area contributed by atoms with Crippen LogP contribution in [0.1, 0.15) is 32.3 Å². The topological polar surface area (TPSA) is 80.6 Å². The van der Waals surface area contributed by atoms with Crippen LogP contribution in [0.15, 0.2) is 30.3 Å². The Hall–Kier alpha value is -0.950. The molecule has 5 nitrogen and oxygen atoms in total. The summed E-state index contributed by atoms with van der Waals surface area (Å²) in [6, 6.07) is 8.57. The van der Waals surface area contributed by atoms with Crippen molar-refractivity contribution >= 4 is 23.0 Å². The molecule has 6 heteroatoms. The first-order valence-electron chi connectivity index (χ1n) is 7.69. The lowest BCUT2D eigenvalue weighted by atomic mass is 9.95. The number of carboxylic acid groups (broad SMARTS) is 1. The molecule has 0 aromatic heterocycles. The van der Waals surface area contributed by atoms with Crippen LogP contribution in [0.4, 0.5) is 0 Å². The van der Waals surface area contributed by atoms with Crippen LogP contribution < -0.4 is 5.11 Å². The van der Waals surface area contributed by atoms with Crippen LogP contribution in [0.3, 0.4) is 0 Å². The Morgan fingerprint density at radius 1 is 1.22 bits per heavy atom. The maximum atomic E-state index is 10.7. The minimum absolute atomic E-state index is 0. The number of rotatable bonds is 7. The normalized spacial score (nSPS) is 13.1. The van der Waals surface area contributed by atoms with Crippen molar-refractivity contribution in [2.24, 2.45) is 0 Å². The van der Waals surface area contributed by atoms with Crippen LogP contribution in [0.2, 0.25) is 0 Å². The summed E-state index contributed by atoms with van der Waals surface area (Å²) in [4.78, 5) is 10.7. The van der Waals surface area contributed by atoms with Crippen molar-refractivity contribution < 1.29 is 24.6 Å². The molecule has 23 heavy (non-hydrogen) atoms. The molecule has 0 heterocycles. The Bertz CT molecular complexity index is 422. The van der Waals surface area contributed by atoms with Gasteiger partial charge in [-0.1, -0.05) is 30.3 Å². The van der Waals surface area contributed by atoms with Crippen molar-refractivity contribution in [2.75, 3.05) is 33.3 Å². The van der Waals surface area contributed by atoms with E-state index in [4.69, 9.17) is 5.11 Å². The van der Waals surface area contributed by atoms with Crippen molar-refractivity contribution in [3.8, 4) is 0 Å². The summed E-state index contributed by atoms with van der Waals surface area (Å²) in [6.07, 6.45) is -0.938. The van der Waals surface area contributed by atoms with Crippen LogP contribution >= 0.6 is 17.0 Å². The van der Waals surface area contributed by atoms with Crippen LogP contribution in [0.5, 0.6) is 0 Å². The van der Waals surface area contributed by atoms with Crippen LogP contribution in [0.25, 0.3) is 0 Å². The number of hydrogen-bond donors (Lipinski definition) is 2. The first kappa shape index (κ1) is 24.3. The van der Waals surface area contributed by atoms with Gasteiger partial charge >= 0.3 is 0 Å². The molecule has 0 saturated heterocycles. The molecular formula is C17H30BrNO4. The Morgan fingerprint density at radius 2 is 1.70 bits per heavy atom. The van der Waals surface area contributed by atoms with Gasteiger partial charge in [-0.2, -0.15) is 0 Å². The van der Waals surface area contributed by atoms with Crippen molar-refractivity contribution in [3.63, 3.8) is 0 Å². The number of carbonyl (C=O) groups is 1. The van der Waals surface area contributed by atoms with Crippen molar-refractivity contribution in [1.29, 1.82) is 0 Å². The molecule has 2 unspecified atom stereocenters. The van der Waals surface area contributed by atoms with E-state index < -0.39 is 18.0 Å². The van der Waals surface area contributed by atoms with Crippen LogP contribution in [-0.4, -0.2) is 60.1 Å². The third kappa shape index (κ3) is 9.05. The van der Waals surface area contributed by atoms with Gasteiger partial charge in [0.25, 0.3) is 0 Å². The average Bonchev–Trinajstić information content (AvgIpc) is 2.48. The van der Waals surface area contributed by atoms with E-state index in [-0.39, 0.29) is 17.0 Å². The molecule has 0 spiro atoms. The molecule has 0 fully saturated rings. The molecule has 134 valence electrons. The lowest BCUT2D eigenvalue weighted by Gasteiger charge is -2.31. The van der Waals surface area contributed by atoms with E-state index in [9.17, 15) is 15.0 Å². The monoisotopic (exact) mass is 391 g/mol. The van der Waals surface area contributed by atoms with Gasteiger partial charge < -0.3 is 24.6 Å². The standard InChI is InChI=1S/C10H12O3.C7H18NO.BrH/c1-7(11)9(10(12)13)8-5-3-2-4-6-8;1-4-8(3,5-2)6-7-9;/h2-7,9,11H,1H3,(H,12,13);9H,4-7H2,1-3H3;1H/q;+1;/p-1. The van der Waals surface area contributed by atoms with Gasteiger partial charge in [0.05, 0.1) is 38.8 Å². The molecule has 1 aromatic carbocycles. The largest absolute Gasteiger partial charge is 0.549 e. The smallest absolute Gasteiger partial charge is 0.102 e. The van der Waals surface area contributed by atoms with Gasteiger partial charge in [-0.25, -0.2) is 0 Å². The number of likely N-dealkylation sites (N-methyl/N-ethyl adjacent to an activating group) is 1. The Morgan fingerprint density at radius 3 is 1.96 bits per heavy atom. The molecule has 0 aliphatic heterocycles. The van der Waals surface area contributed by atoms with Gasteiger partial charge in [0.2, 0.25) is 0 Å². The number of halogens is 1. The van der Waals surface area contributed by atoms with Crippen molar-refractivity contribution in [2.45, 2.75) is 32.8 Å². The fourth-order valence-electron chi connectivity index (χ4n) is 2.05. The number of aliphatic carboxylic acids is 1. The lowest BCUT2D eigenvalue weighted by Crippen LogP contribution is -2.45. The van der Waals surface area contributed by atoms with E-state index in [1.165, 1.54) is 6.92 Å². The maximum Gasteiger partial charge on any atom is 0.102 e. The highest BCUT2D eigenvalue weighted by Crippen LogP contribution is 2.18. The highest BCUT2D eigenvalue weighted by molar-refractivity contribution is 8.93. The molecule has 0 saturated carbocycles. The number of aliphatic hydroxyl groups is 2. The van der Waals surface area contributed by atoms with E-state index >= 15 is 0 Å². The zero-order chi connectivity index (χ0) is 17.2. The van der Waals surface area contributed by atoms with Gasteiger partial charge in [-0.05, 0) is 26.3 Å². The fourth-order valence-corrected chi connectivity index (χ4v) is 2.05. The fraction of sp³-hybridized carbons (Fsp3) is 0.588. The molecular weight excluding hydrogens is 362 g/mol. The van der Waals surface area contributed by atoms with Gasteiger partial charge in [-0.15, -0.1) is 17.0 Å².